The number of nitrogens with zero attached hydrogens (tertiary/aromatic N) is 1. The topological polar surface area (TPSA) is 58.4 Å². The first-order valence-electron chi connectivity index (χ1n) is 7.08. The molecule has 0 atom stereocenters. The molecule has 4 nitrogen and oxygen atoms in total. The summed E-state index contributed by atoms with van der Waals surface area (Å²) in [5, 5.41) is 0.546. The molecular weight excluding hydrogens is 274 g/mol. The second kappa shape index (κ2) is 6.46. The number of carbonyl (C=O) groups excluding carboxylic acids is 1. The minimum Gasteiger partial charge on any atom is -0.339 e. The van der Waals surface area contributed by atoms with Crippen LogP contribution in [0.25, 0.3) is 0 Å². The van der Waals surface area contributed by atoms with Crippen LogP contribution in [0.4, 0.5) is 5.69 Å². The molecule has 1 aliphatic heterocycles. The second-order valence-corrected chi connectivity index (χ2v) is 6.14. The van der Waals surface area contributed by atoms with Gasteiger partial charge in [-0.05, 0) is 42.9 Å². The number of rotatable bonds is 3. The fourth-order valence-electron chi connectivity index (χ4n) is 2.76. The molecule has 1 fully saturated rings. The molecule has 0 bridgehead atoms. The van der Waals surface area contributed by atoms with Crippen LogP contribution in [-0.4, -0.2) is 23.9 Å². The highest BCUT2D eigenvalue weighted by Gasteiger charge is 2.26. The van der Waals surface area contributed by atoms with Crippen molar-refractivity contribution >= 4 is 23.2 Å². The number of hydrogen-bond donors (Lipinski definition) is 2. The molecule has 2 rings (SSSR count). The molecule has 1 aliphatic rings. The first-order chi connectivity index (χ1) is 9.52. The predicted octanol–water partition coefficient (Wildman–Crippen LogP) is 3.13. The quantitative estimate of drug-likeness (QED) is 0.665. The van der Waals surface area contributed by atoms with Gasteiger partial charge < -0.3 is 10.3 Å². The van der Waals surface area contributed by atoms with Gasteiger partial charge in [0.05, 0.1) is 11.3 Å². The minimum absolute atomic E-state index is 0.00246. The van der Waals surface area contributed by atoms with Crippen LogP contribution < -0.4 is 11.3 Å². The smallest absolute Gasteiger partial charge is 0.256 e. The molecule has 0 unspecified atom stereocenters. The number of benzene rings is 1. The molecular formula is C15H22ClN3O. The van der Waals surface area contributed by atoms with E-state index in [2.05, 4.69) is 19.3 Å². The van der Waals surface area contributed by atoms with Crippen molar-refractivity contribution in [2.75, 3.05) is 18.5 Å². The predicted molar refractivity (Wildman–Crippen MR) is 82.7 cm³/mol. The number of likely N-dealkylation sites (tertiary alicyclic amines) is 1. The summed E-state index contributed by atoms with van der Waals surface area (Å²) < 4.78 is 0. The van der Waals surface area contributed by atoms with E-state index in [1.165, 1.54) is 0 Å². The van der Waals surface area contributed by atoms with E-state index in [9.17, 15) is 4.79 Å². The van der Waals surface area contributed by atoms with Crippen molar-refractivity contribution in [1.82, 2.24) is 4.90 Å². The molecule has 0 aliphatic carbocycles. The standard InChI is InChI=1S/C15H22ClN3O/c1-10(2)11-5-7-19(8-6-11)15(20)13-9-12(16)3-4-14(13)18-17/h3-4,9-11,18H,5-8,17H2,1-2H3. The SMILES string of the molecule is CC(C)C1CCN(C(=O)c2cc(Cl)ccc2NN)CC1. The summed E-state index contributed by atoms with van der Waals surface area (Å²) in [7, 11) is 0. The largest absolute Gasteiger partial charge is 0.339 e. The van der Waals surface area contributed by atoms with Crippen molar-refractivity contribution in [2.45, 2.75) is 26.7 Å². The van der Waals surface area contributed by atoms with E-state index < -0.39 is 0 Å². The lowest BCUT2D eigenvalue weighted by Crippen LogP contribution is -2.39. The number of carbonyl (C=O) groups is 1. The van der Waals surface area contributed by atoms with Gasteiger partial charge in [0.2, 0.25) is 0 Å². The Balaban J connectivity index is 2.11. The van der Waals surface area contributed by atoms with Gasteiger partial charge in [0, 0.05) is 18.1 Å². The highest BCUT2D eigenvalue weighted by atomic mass is 35.5. The maximum atomic E-state index is 12.6. The number of nitrogen functional groups attached to an aromatic ring is 1. The van der Waals surface area contributed by atoms with Crippen LogP contribution in [0.5, 0.6) is 0 Å². The number of nitrogens with two attached hydrogens (primary N) is 1. The molecule has 1 saturated heterocycles. The molecule has 20 heavy (non-hydrogen) atoms. The number of nitrogens with one attached hydrogen (secondary N) is 1. The zero-order valence-electron chi connectivity index (χ0n) is 12.0. The first kappa shape index (κ1) is 15.1. The lowest BCUT2D eigenvalue weighted by Gasteiger charge is -2.34. The maximum Gasteiger partial charge on any atom is 0.256 e. The summed E-state index contributed by atoms with van der Waals surface area (Å²) in [6, 6.07) is 5.13. The van der Waals surface area contributed by atoms with Gasteiger partial charge in [-0.3, -0.25) is 10.6 Å². The van der Waals surface area contributed by atoms with Crippen molar-refractivity contribution in [3.8, 4) is 0 Å². The van der Waals surface area contributed by atoms with Crippen LogP contribution in [-0.2, 0) is 0 Å². The fourth-order valence-corrected chi connectivity index (χ4v) is 2.93. The second-order valence-electron chi connectivity index (χ2n) is 5.71. The number of amides is 1. The van der Waals surface area contributed by atoms with Crippen LogP contribution in [0, 0.1) is 11.8 Å². The molecule has 5 heteroatoms. The monoisotopic (exact) mass is 295 g/mol. The van der Waals surface area contributed by atoms with Gasteiger partial charge in [-0.25, -0.2) is 0 Å². The molecule has 3 N–H and O–H groups in total. The van der Waals surface area contributed by atoms with Gasteiger partial charge in [0.1, 0.15) is 0 Å². The van der Waals surface area contributed by atoms with Crippen LogP contribution in [0.3, 0.4) is 0 Å². The Morgan fingerprint density at radius 2 is 2.05 bits per heavy atom. The molecule has 110 valence electrons. The average Bonchev–Trinajstić information content (AvgIpc) is 2.46. The third-order valence-corrected chi connectivity index (χ3v) is 4.37. The summed E-state index contributed by atoms with van der Waals surface area (Å²) in [5.74, 6) is 6.86. The Morgan fingerprint density at radius 1 is 1.40 bits per heavy atom. The summed E-state index contributed by atoms with van der Waals surface area (Å²) in [6.45, 7) is 6.10. The van der Waals surface area contributed by atoms with Gasteiger partial charge in [-0.2, -0.15) is 0 Å². The van der Waals surface area contributed by atoms with Gasteiger partial charge in [-0.1, -0.05) is 25.4 Å². The van der Waals surface area contributed by atoms with Crippen molar-refractivity contribution in [1.29, 1.82) is 0 Å². The van der Waals surface area contributed by atoms with Gasteiger partial charge >= 0.3 is 0 Å². The van der Waals surface area contributed by atoms with E-state index in [-0.39, 0.29) is 5.91 Å². The van der Waals surface area contributed by atoms with Crippen LogP contribution >= 0.6 is 11.6 Å². The lowest BCUT2D eigenvalue weighted by molar-refractivity contribution is 0.0668. The maximum absolute atomic E-state index is 12.6. The van der Waals surface area contributed by atoms with E-state index in [1.54, 1.807) is 18.2 Å². The first-order valence-corrected chi connectivity index (χ1v) is 7.46. The third-order valence-electron chi connectivity index (χ3n) is 4.14. The van der Waals surface area contributed by atoms with Crippen LogP contribution in [0.1, 0.15) is 37.0 Å². The summed E-state index contributed by atoms with van der Waals surface area (Å²) in [4.78, 5) is 14.5. The highest BCUT2D eigenvalue weighted by molar-refractivity contribution is 6.31. The van der Waals surface area contributed by atoms with Gasteiger partial charge in [0.15, 0.2) is 0 Å². The van der Waals surface area contributed by atoms with E-state index >= 15 is 0 Å². The van der Waals surface area contributed by atoms with Crippen molar-refractivity contribution < 1.29 is 4.79 Å². The number of hydrogen-bond acceptors (Lipinski definition) is 3. The molecule has 0 aromatic heterocycles. The third kappa shape index (κ3) is 3.25. The molecule has 0 radical (unpaired) electrons. The Kier molecular flexibility index (Phi) is 4.89. The van der Waals surface area contributed by atoms with Crippen molar-refractivity contribution in [3.05, 3.63) is 28.8 Å². The van der Waals surface area contributed by atoms with E-state index in [0.717, 1.165) is 25.9 Å². The summed E-state index contributed by atoms with van der Waals surface area (Å²) in [5.41, 5.74) is 3.72. The summed E-state index contributed by atoms with van der Waals surface area (Å²) >= 11 is 5.98. The van der Waals surface area contributed by atoms with Crippen molar-refractivity contribution in [2.24, 2.45) is 17.7 Å². The number of halogens is 1. The lowest BCUT2D eigenvalue weighted by atomic mass is 9.86. The molecule has 0 saturated carbocycles. The zero-order valence-corrected chi connectivity index (χ0v) is 12.8. The highest BCUT2D eigenvalue weighted by Crippen LogP contribution is 2.27. The van der Waals surface area contributed by atoms with Crippen LogP contribution in [0.15, 0.2) is 18.2 Å². The van der Waals surface area contributed by atoms with Crippen LogP contribution in [0.2, 0.25) is 5.02 Å². The molecule has 1 amide bonds. The van der Waals surface area contributed by atoms with Crippen molar-refractivity contribution in [3.63, 3.8) is 0 Å². The molecule has 1 aromatic carbocycles. The Morgan fingerprint density at radius 3 is 2.60 bits per heavy atom. The molecule has 0 spiro atoms. The van der Waals surface area contributed by atoms with E-state index in [1.807, 2.05) is 4.90 Å². The fraction of sp³-hybridized carbons (Fsp3) is 0.533. The molecule has 1 aromatic rings. The average molecular weight is 296 g/mol. The van der Waals surface area contributed by atoms with E-state index in [0.29, 0.717) is 28.1 Å². The van der Waals surface area contributed by atoms with Gasteiger partial charge in [-0.15, -0.1) is 0 Å². The molecule has 1 heterocycles. The zero-order chi connectivity index (χ0) is 14.7. The normalized spacial score (nSPS) is 16.6. The Bertz CT molecular complexity index is 482. The summed E-state index contributed by atoms with van der Waals surface area (Å²) in [6.07, 6.45) is 2.13. The van der Waals surface area contributed by atoms with E-state index in [4.69, 9.17) is 17.4 Å². The Labute approximate surface area is 125 Å². The number of hydrazine groups is 1. The minimum atomic E-state index is 0.00246. The number of piperidine rings is 1. The van der Waals surface area contributed by atoms with Gasteiger partial charge in [0.25, 0.3) is 5.91 Å². The number of anilines is 1. The Hall–Kier alpha value is -1.26.